The molecule has 0 saturated heterocycles. The van der Waals surface area contributed by atoms with Crippen LogP contribution in [-0.4, -0.2) is 36.9 Å². The summed E-state index contributed by atoms with van der Waals surface area (Å²) < 4.78 is 9.81. The third-order valence-corrected chi connectivity index (χ3v) is 1.35. The van der Waals surface area contributed by atoms with Gasteiger partial charge in [0.25, 0.3) is 0 Å². The number of hydrogen-bond acceptors (Lipinski definition) is 4. The molecular weight excluding hydrogens is 212 g/mol. The lowest BCUT2D eigenvalue weighted by Gasteiger charge is -2.02. The zero-order chi connectivity index (χ0) is 12.8. The number of unbranched alkanes of at least 4 members (excludes halogenated alkanes) is 1. The van der Waals surface area contributed by atoms with Gasteiger partial charge in [-0.25, -0.2) is 4.79 Å². The summed E-state index contributed by atoms with van der Waals surface area (Å²) in [7, 11) is 0. The molecular formula is C11H20O5. The monoisotopic (exact) mass is 232 g/mol. The van der Waals surface area contributed by atoms with E-state index in [1.807, 2.05) is 0 Å². The number of hydrogen-bond donors (Lipinski definition) is 1. The second kappa shape index (κ2) is 13.6. The fourth-order valence-electron chi connectivity index (χ4n) is 0.593. The van der Waals surface area contributed by atoms with Crippen molar-refractivity contribution in [3.05, 3.63) is 12.7 Å². The van der Waals surface area contributed by atoms with Crippen molar-refractivity contribution in [2.75, 3.05) is 19.8 Å². The van der Waals surface area contributed by atoms with Gasteiger partial charge in [-0.05, 0) is 6.42 Å². The highest BCUT2D eigenvalue weighted by molar-refractivity contribution is 5.78. The van der Waals surface area contributed by atoms with E-state index in [0.717, 1.165) is 25.5 Å². The van der Waals surface area contributed by atoms with Crippen molar-refractivity contribution in [3.63, 3.8) is 0 Å². The van der Waals surface area contributed by atoms with Crippen LogP contribution in [0.3, 0.4) is 0 Å². The van der Waals surface area contributed by atoms with Gasteiger partial charge in [-0.3, -0.25) is 4.79 Å². The first-order valence-corrected chi connectivity index (χ1v) is 5.11. The number of carboxylic acids is 1. The van der Waals surface area contributed by atoms with E-state index in [4.69, 9.17) is 9.84 Å². The molecule has 0 fully saturated rings. The van der Waals surface area contributed by atoms with Gasteiger partial charge in [0.05, 0.1) is 6.61 Å². The summed E-state index contributed by atoms with van der Waals surface area (Å²) in [4.78, 5) is 19.5. The molecule has 5 heteroatoms. The Morgan fingerprint density at radius 3 is 2.25 bits per heavy atom. The Bertz CT molecular complexity index is 201. The zero-order valence-electron chi connectivity index (χ0n) is 9.90. The normalized spacial score (nSPS) is 8.62. The lowest BCUT2D eigenvalue weighted by molar-refractivity contribution is -0.142. The van der Waals surface area contributed by atoms with Crippen LogP contribution in [-0.2, 0) is 19.1 Å². The molecule has 0 atom stereocenters. The van der Waals surface area contributed by atoms with Crippen molar-refractivity contribution in [2.24, 2.45) is 0 Å². The first kappa shape index (κ1) is 17.0. The zero-order valence-corrected chi connectivity index (χ0v) is 9.90. The Balaban J connectivity index is 0. The fraction of sp³-hybridized carbons (Fsp3) is 0.636. The first-order chi connectivity index (χ1) is 7.54. The van der Waals surface area contributed by atoms with E-state index in [9.17, 15) is 9.59 Å². The maximum absolute atomic E-state index is 10.3. The quantitative estimate of drug-likeness (QED) is 0.410. The summed E-state index contributed by atoms with van der Waals surface area (Å²) in [6.07, 6.45) is 3.04. The number of carbonyl (C=O) groups is 2. The summed E-state index contributed by atoms with van der Waals surface area (Å²) in [6, 6.07) is 0. The molecule has 0 aliphatic carbocycles. The van der Waals surface area contributed by atoms with Gasteiger partial charge in [-0.15, -0.1) is 0 Å². The number of aliphatic carboxylic acids is 1. The van der Waals surface area contributed by atoms with Gasteiger partial charge < -0.3 is 14.6 Å². The summed E-state index contributed by atoms with van der Waals surface area (Å²) in [5.74, 6) is -1.23. The molecule has 0 radical (unpaired) electrons. The van der Waals surface area contributed by atoms with Gasteiger partial charge in [0, 0.05) is 19.6 Å². The minimum Gasteiger partial charge on any atom is -0.478 e. The minimum atomic E-state index is -0.981. The molecule has 0 saturated carbocycles. The molecule has 94 valence electrons. The maximum atomic E-state index is 10.3. The molecule has 0 amide bonds. The summed E-state index contributed by atoms with van der Waals surface area (Å²) in [5, 5.41) is 7.60. The Morgan fingerprint density at radius 1 is 1.31 bits per heavy atom. The third-order valence-electron chi connectivity index (χ3n) is 1.35. The third kappa shape index (κ3) is 22.9. The van der Waals surface area contributed by atoms with Crippen molar-refractivity contribution in [2.45, 2.75) is 26.7 Å². The van der Waals surface area contributed by atoms with E-state index < -0.39 is 5.97 Å². The van der Waals surface area contributed by atoms with Gasteiger partial charge in [0.15, 0.2) is 0 Å². The predicted octanol–water partition coefficient (Wildman–Crippen LogP) is 1.62. The van der Waals surface area contributed by atoms with Crippen LogP contribution >= 0.6 is 0 Å². The fourth-order valence-corrected chi connectivity index (χ4v) is 0.593. The van der Waals surface area contributed by atoms with Gasteiger partial charge in [-0.2, -0.15) is 0 Å². The Labute approximate surface area is 96.0 Å². The van der Waals surface area contributed by atoms with E-state index in [1.54, 1.807) is 0 Å². The van der Waals surface area contributed by atoms with Gasteiger partial charge in [0.2, 0.25) is 0 Å². The molecule has 0 unspecified atom stereocenters. The van der Waals surface area contributed by atoms with Crippen molar-refractivity contribution in [1.29, 1.82) is 0 Å². The van der Waals surface area contributed by atoms with Gasteiger partial charge in [0.1, 0.15) is 6.61 Å². The Morgan fingerprint density at radius 2 is 1.88 bits per heavy atom. The number of esters is 1. The highest BCUT2D eigenvalue weighted by Gasteiger charge is 1.91. The van der Waals surface area contributed by atoms with Crippen LogP contribution in [0.1, 0.15) is 26.7 Å². The number of rotatable bonds is 7. The SMILES string of the molecule is C=CC(=O)O.CCCCOCCOC(C)=O. The van der Waals surface area contributed by atoms with Crippen molar-refractivity contribution < 1.29 is 24.2 Å². The second-order valence-electron chi connectivity index (χ2n) is 2.85. The molecule has 0 aromatic carbocycles. The van der Waals surface area contributed by atoms with E-state index >= 15 is 0 Å². The highest BCUT2D eigenvalue weighted by atomic mass is 16.6. The highest BCUT2D eigenvalue weighted by Crippen LogP contribution is 1.87. The molecule has 1 N–H and O–H groups in total. The van der Waals surface area contributed by atoms with E-state index in [0.29, 0.717) is 13.2 Å². The Kier molecular flexibility index (Phi) is 14.5. The Hall–Kier alpha value is -1.36. The molecule has 16 heavy (non-hydrogen) atoms. The van der Waals surface area contributed by atoms with Crippen LogP contribution in [0.25, 0.3) is 0 Å². The molecule has 0 rings (SSSR count). The lowest BCUT2D eigenvalue weighted by Crippen LogP contribution is -2.07. The van der Waals surface area contributed by atoms with Crippen LogP contribution in [0.4, 0.5) is 0 Å². The van der Waals surface area contributed by atoms with Crippen LogP contribution in [0.5, 0.6) is 0 Å². The number of carboxylic acid groups (broad SMARTS) is 1. The van der Waals surface area contributed by atoms with E-state index in [-0.39, 0.29) is 5.97 Å². The van der Waals surface area contributed by atoms with Crippen molar-refractivity contribution in [3.8, 4) is 0 Å². The summed E-state index contributed by atoms with van der Waals surface area (Å²) >= 11 is 0. The smallest absolute Gasteiger partial charge is 0.327 e. The largest absolute Gasteiger partial charge is 0.478 e. The molecule has 0 heterocycles. The topological polar surface area (TPSA) is 72.8 Å². The van der Waals surface area contributed by atoms with E-state index in [2.05, 4.69) is 18.2 Å². The van der Waals surface area contributed by atoms with Crippen LogP contribution in [0, 0.1) is 0 Å². The van der Waals surface area contributed by atoms with Crippen LogP contribution < -0.4 is 0 Å². The van der Waals surface area contributed by atoms with Crippen LogP contribution in [0.2, 0.25) is 0 Å². The predicted molar refractivity (Wildman–Crippen MR) is 60.2 cm³/mol. The molecule has 0 aromatic rings. The molecule has 0 aliphatic rings. The molecule has 0 bridgehead atoms. The summed E-state index contributed by atoms with van der Waals surface area (Å²) in [5.41, 5.74) is 0. The van der Waals surface area contributed by atoms with Crippen LogP contribution in [0.15, 0.2) is 12.7 Å². The molecule has 0 aliphatic heterocycles. The van der Waals surface area contributed by atoms with Crippen molar-refractivity contribution in [1.82, 2.24) is 0 Å². The van der Waals surface area contributed by atoms with Gasteiger partial charge >= 0.3 is 11.9 Å². The summed E-state index contributed by atoms with van der Waals surface area (Å²) in [6.45, 7) is 8.11. The maximum Gasteiger partial charge on any atom is 0.327 e. The number of carbonyl (C=O) groups excluding carboxylic acids is 1. The average molecular weight is 232 g/mol. The van der Waals surface area contributed by atoms with Gasteiger partial charge in [-0.1, -0.05) is 19.9 Å². The second-order valence-corrected chi connectivity index (χ2v) is 2.85. The first-order valence-electron chi connectivity index (χ1n) is 5.11. The van der Waals surface area contributed by atoms with Crippen molar-refractivity contribution >= 4 is 11.9 Å². The average Bonchev–Trinajstić information content (AvgIpc) is 2.23. The molecule has 5 nitrogen and oxygen atoms in total. The minimum absolute atomic E-state index is 0.246. The standard InChI is InChI=1S/C8H16O3.C3H4O2/c1-3-4-5-10-6-7-11-8(2)9;1-2-3(4)5/h3-7H2,1-2H3;2H,1H2,(H,4,5). The lowest BCUT2D eigenvalue weighted by atomic mass is 10.4. The van der Waals surface area contributed by atoms with E-state index in [1.165, 1.54) is 6.92 Å². The number of ether oxygens (including phenoxy) is 2. The molecule has 0 aromatic heterocycles. The molecule has 0 spiro atoms.